The van der Waals surface area contributed by atoms with Crippen LogP contribution in [0.3, 0.4) is 0 Å². The standard InChI is InChI=1S/C22H27NO7/c1-5-15-12-22(20(26)29-3,21(27)30-4)13-16(15)18(24)23-17(19(25)28-2)11-14-9-7-6-8-10-14/h5-10,15-17H,1,11-13H2,2-4H3,(H,23,24)/t15-,16-,17+/m1/s1. The number of ether oxygens (including phenoxy) is 3. The van der Waals surface area contributed by atoms with Gasteiger partial charge in [-0.15, -0.1) is 6.58 Å². The Kier molecular flexibility index (Phi) is 7.74. The number of carbonyl (C=O) groups excluding carboxylic acids is 4. The van der Waals surface area contributed by atoms with E-state index in [1.54, 1.807) is 0 Å². The molecule has 162 valence electrons. The first-order chi connectivity index (χ1) is 14.3. The number of hydrogen-bond acceptors (Lipinski definition) is 7. The first-order valence-electron chi connectivity index (χ1n) is 9.54. The van der Waals surface area contributed by atoms with Gasteiger partial charge in [-0.3, -0.25) is 14.4 Å². The fourth-order valence-corrected chi connectivity index (χ4v) is 3.96. The summed E-state index contributed by atoms with van der Waals surface area (Å²) in [5, 5.41) is 2.71. The first kappa shape index (κ1) is 23.1. The Morgan fingerprint density at radius 1 is 1.07 bits per heavy atom. The molecule has 0 bridgehead atoms. The second-order valence-electron chi connectivity index (χ2n) is 7.25. The molecule has 2 rings (SSSR count). The lowest BCUT2D eigenvalue weighted by Gasteiger charge is -2.23. The van der Waals surface area contributed by atoms with E-state index in [-0.39, 0.29) is 19.3 Å². The Balaban J connectivity index is 2.25. The molecule has 0 aromatic heterocycles. The average Bonchev–Trinajstić information content (AvgIpc) is 3.19. The predicted molar refractivity (Wildman–Crippen MR) is 107 cm³/mol. The van der Waals surface area contributed by atoms with E-state index in [1.807, 2.05) is 30.3 Å². The van der Waals surface area contributed by atoms with Crippen molar-refractivity contribution in [2.75, 3.05) is 21.3 Å². The number of methoxy groups -OCH3 is 3. The van der Waals surface area contributed by atoms with Gasteiger partial charge in [-0.2, -0.15) is 0 Å². The van der Waals surface area contributed by atoms with Crippen molar-refractivity contribution in [3.8, 4) is 0 Å². The summed E-state index contributed by atoms with van der Waals surface area (Å²) >= 11 is 0. The van der Waals surface area contributed by atoms with Gasteiger partial charge in [-0.05, 0) is 24.3 Å². The van der Waals surface area contributed by atoms with Crippen LogP contribution in [-0.2, 0) is 39.8 Å². The van der Waals surface area contributed by atoms with Crippen molar-refractivity contribution < 1.29 is 33.4 Å². The zero-order valence-electron chi connectivity index (χ0n) is 17.4. The Bertz CT molecular complexity index is 789. The maximum Gasteiger partial charge on any atom is 0.328 e. The monoisotopic (exact) mass is 417 g/mol. The lowest BCUT2D eigenvalue weighted by Crippen LogP contribution is -2.46. The quantitative estimate of drug-likeness (QED) is 0.295. The number of esters is 3. The summed E-state index contributed by atoms with van der Waals surface area (Å²) in [5.41, 5.74) is -0.747. The van der Waals surface area contributed by atoms with Crippen molar-refractivity contribution in [3.63, 3.8) is 0 Å². The van der Waals surface area contributed by atoms with Crippen LogP contribution >= 0.6 is 0 Å². The van der Waals surface area contributed by atoms with Crippen molar-refractivity contribution in [1.29, 1.82) is 0 Å². The van der Waals surface area contributed by atoms with Gasteiger partial charge in [0.1, 0.15) is 6.04 Å². The van der Waals surface area contributed by atoms with Crippen molar-refractivity contribution in [2.24, 2.45) is 17.3 Å². The highest BCUT2D eigenvalue weighted by Crippen LogP contribution is 2.48. The van der Waals surface area contributed by atoms with Gasteiger partial charge in [0.2, 0.25) is 5.91 Å². The minimum atomic E-state index is -1.59. The lowest BCUT2D eigenvalue weighted by atomic mass is 9.85. The molecule has 3 atom stereocenters. The Morgan fingerprint density at radius 2 is 1.67 bits per heavy atom. The highest BCUT2D eigenvalue weighted by molar-refractivity contribution is 6.01. The van der Waals surface area contributed by atoms with Gasteiger partial charge in [0, 0.05) is 12.3 Å². The maximum absolute atomic E-state index is 13.1. The normalized spacial score (nSPS) is 20.5. The van der Waals surface area contributed by atoms with Crippen LogP contribution in [0.2, 0.25) is 0 Å². The molecule has 1 fully saturated rings. The molecular weight excluding hydrogens is 390 g/mol. The number of allylic oxidation sites excluding steroid dienone is 1. The molecule has 30 heavy (non-hydrogen) atoms. The van der Waals surface area contributed by atoms with Crippen LogP contribution in [0.25, 0.3) is 0 Å². The van der Waals surface area contributed by atoms with Crippen LogP contribution in [0, 0.1) is 17.3 Å². The van der Waals surface area contributed by atoms with E-state index < -0.39 is 47.1 Å². The molecule has 0 radical (unpaired) electrons. The van der Waals surface area contributed by atoms with Crippen molar-refractivity contribution in [2.45, 2.75) is 25.3 Å². The summed E-state index contributed by atoms with van der Waals surface area (Å²) in [6, 6.07) is 8.27. The van der Waals surface area contributed by atoms with Gasteiger partial charge in [0.25, 0.3) is 0 Å². The van der Waals surface area contributed by atoms with Gasteiger partial charge in [0.15, 0.2) is 5.41 Å². The zero-order valence-corrected chi connectivity index (χ0v) is 17.4. The molecule has 8 nitrogen and oxygen atoms in total. The molecule has 1 N–H and O–H groups in total. The van der Waals surface area contributed by atoms with Crippen LogP contribution in [0.1, 0.15) is 18.4 Å². The third-order valence-electron chi connectivity index (χ3n) is 5.55. The number of nitrogens with one attached hydrogen (secondary N) is 1. The van der Waals surface area contributed by atoms with Crippen molar-refractivity contribution in [1.82, 2.24) is 5.32 Å². The summed E-state index contributed by atoms with van der Waals surface area (Å²) in [6.07, 6.45) is 1.70. The smallest absolute Gasteiger partial charge is 0.328 e. The molecule has 1 aromatic rings. The molecule has 1 amide bonds. The summed E-state index contributed by atoms with van der Waals surface area (Å²) in [4.78, 5) is 50.2. The van der Waals surface area contributed by atoms with Crippen LogP contribution in [0.4, 0.5) is 0 Å². The molecule has 1 aliphatic rings. The lowest BCUT2D eigenvalue weighted by molar-refractivity contribution is -0.169. The minimum Gasteiger partial charge on any atom is -0.468 e. The summed E-state index contributed by atoms with van der Waals surface area (Å²) in [6.45, 7) is 3.73. The first-order valence-corrected chi connectivity index (χ1v) is 9.54. The SMILES string of the molecule is C=C[C@@H]1CC(C(=O)OC)(C(=O)OC)C[C@H]1C(=O)N[C@@H](Cc1ccccc1)C(=O)OC. The minimum absolute atomic E-state index is 0.0372. The average molecular weight is 417 g/mol. The molecule has 1 saturated carbocycles. The number of rotatable bonds is 8. The van der Waals surface area contributed by atoms with Gasteiger partial charge < -0.3 is 19.5 Å². The fourth-order valence-electron chi connectivity index (χ4n) is 3.96. The number of carbonyl (C=O) groups is 4. The van der Waals surface area contributed by atoms with Crippen LogP contribution in [0.15, 0.2) is 43.0 Å². The largest absolute Gasteiger partial charge is 0.468 e. The van der Waals surface area contributed by atoms with Crippen molar-refractivity contribution >= 4 is 23.8 Å². The predicted octanol–water partition coefficient (Wildman–Crippen LogP) is 1.43. The number of amides is 1. The summed E-state index contributed by atoms with van der Waals surface area (Å²) < 4.78 is 14.5. The van der Waals surface area contributed by atoms with Crippen molar-refractivity contribution in [3.05, 3.63) is 48.6 Å². The van der Waals surface area contributed by atoms with Gasteiger partial charge in [-0.25, -0.2) is 4.79 Å². The fraction of sp³-hybridized carbons (Fsp3) is 0.455. The third kappa shape index (κ3) is 4.69. The maximum atomic E-state index is 13.1. The second kappa shape index (κ2) is 10.0. The number of benzene rings is 1. The molecule has 0 aliphatic heterocycles. The molecular formula is C22H27NO7. The van der Waals surface area contributed by atoms with E-state index in [9.17, 15) is 19.2 Å². The highest BCUT2D eigenvalue weighted by atomic mass is 16.5. The van der Waals surface area contributed by atoms with E-state index in [2.05, 4.69) is 11.9 Å². The van der Waals surface area contributed by atoms with E-state index >= 15 is 0 Å². The van der Waals surface area contributed by atoms with E-state index in [4.69, 9.17) is 14.2 Å². The molecule has 0 unspecified atom stereocenters. The number of hydrogen-bond donors (Lipinski definition) is 1. The van der Waals surface area contributed by atoms with Crippen LogP contribution in [-0.4, -0.2) is 51.2 Å². The third-order valence-corrected chi connectivity index (χ3v) is 5.55. The topological polar surface area (TPSA) is 108 Å². The Hall–Kier alpha value is -3.16. The molecule has 8 heteroatoms. The van der Waals surface area contributed by atoms with E-state index in [1.165, 1.54) is 27.4 Å². The summed E-state index contributed by atoms with van der Waals surface area (Å²) in [7, 11) is 3.60. The zero-order chi connectivity index (χ0) is 22.3. The highest BCUT2D eigenvalue weighted by Gasteiger charge is 2.58. The Morgan fingerprint density at radius 3 is 2.17 bits per heavy atom. The molecule has 0 spiro atoms. The van der Waals surface area contributed by atoms with Gasteiger partial charge in [0.05, 0.1) is 21.3 Å². The molecule has 1 aliphatic carbocycles. The molecule has 0 heterocycles. The Labute approximate surface area is 175 Å². The van der Waals surface area contributed by atoms with Gasteiger partial charge in [-0.1, -0.05) is 36.4 Å². The summed E-state index contributed by atoms with van der Waals surface area (Å²) in [5.74, 6) is -3.81. The van der Waals surface area contributed by atoms with E-state index in [0.29, 0.717) is 0 Å². The van der Waals surface area contributed by atoms with Crippen LogP contribution < -0.4 is 5.32 Å². The van der Waals surface area contributed by atoms with Crippen LogP contribution in [0.5, 0.6) is 0 Å². The second-order valence-corrected chi connectivity index (χ2v) is 7.25. The van der Waals surface area contributed by atoms with Gasteiger partial charge >= 0.3 is 17.9 Å². The molecule has 0 saturated heterocycles. The molecule has 1 aromatic carbocycles. The van der Waals surface area contributed by atoms with E-state index in [0.717, 1.165) is 5.56 Å².